The SMILES string of the molecule is CC(C)CCCC(C)NC1CC(C)OC(C)C1. The van der Waals surface area contributed by atoms with Crippen LogP contribution in [0.2, 0.25) is 0 Å². The zero-order chi connectivity index (χ0) is 12.8. The van der Waals surface area contributed by atoms with E-state index >= 15 is 0 Å². The van der Waals surface area contributed by atoms with E-state index in [1.165, 1.54) is 32.1 Å². The van der Waals surface area contributed by atoms with Gasteiger partial charge in [-0.3, -0.25) is 0 Å². The van der Waals surface area contributed by atoms with Crippen LogP contribution >= 0.6 is 0 Å². The standard InChI is InChI=1S/C15H31NO/c1-11(2)7-6-8-12(3)16-15-9-13(4)17-14(5)10-15/h11-16H,6-10H2,1-5H3. The molecule has 0 aromatic heterocycles. The van der Waals surface area contributed by atoms with Gasteiger partial charge in [0.2, 0.25) is 0 Å². The summed E-state index contributed by atoms with van der Waals surface area (Å²) in [7, 11) is 0. The molecule has 0 bridgehead atoms. The summed E-state index contributed by atoms with van der Waals surface area (Å²) in [5, 5.41) is 3.77. The molecule has 3 atom stereocenters. The van der Waals surface area contributed by atoms with Crippen LogP contribution in [0.1, 0.15) is 66.7 Å². The highest BCUT2D eigenvalue weighted by molar-refractivity contribution is 4.80. The molecule has 0 saturated carbocycles. The van der Waals surface area contributed by atoms with Crippen molar-refractivity contribution in [2.45, 2.75) is 91.0 Å². The first-order valence-corrected chi connectivity index (χ1v) is 7.38. The normalized spacial score (nSPS) is 31.8. The van der Waals surface area contributed by atoms with Crippen molar-refractivity contribution in [3.63, 3.8) is 0 Å². The van der Waals surface area contributed by atoms with Gasteiger partial charge in [-0.15, -0.1) is 0 Å². The molecular weight excluding hydrogens is 210 g/mol. The first-order valence-electron chi connectivity index (χ1n) is 7.38. The number of hydrogen-bond donors (Lipinski definition) is 1. The van der Waals surface area contributed by atoms with Gasteiger partial charge < -0.3 is 10.1 Å². The Morgan fingerprint density at radius 3 is 2.18 bits per heavy atom. The minimum Gasteiger partial charge on any atom is -0.375 e. The summed E-state index contributed by atoms with van der Waals surface area (Å²) >= 11 is 0. The summed E-state index contributed by atoms with van der Waals surface area (Å²) in [6, 6.07) is 1.30. The summed E-state index contributed by atoms with van der Waals surface area (Å²) in [5.74, 6) is 0.838. The molecule has 1 N–H and O–H groups in total. The molecule has 0 aromatic carbocycles. The maximum absolute atomic E-state index is 5.77. The lowest BCUT2D eigenvalue weighted by molar-refractivity contribution is -0.0434. The molecule has 1 aliphatic heterocycles. The zero-order valence-corrected chi connectivity index (χ0v) is 12.3. The molecule has 17 heavy (non-hydrogen) atoms. The molecule has 1 fully saturated rings. The number of ether oxygens (including phenoxy) is 1. The van der Waals surface area contributed by atoms with Crippen LogP contribution in [-0.2, 0) is 4.74 Å². The van der Waals surface area contributed by atoms with E-state index in [1.807, 2.05) is 0 Å². The molecule has 2 heteroatoms. The van der Waals surface area contributed by atoms with Crippen LogP contribution in [0, 0.1) is 5.92 Å². The molecule has 1 rings (SSSR count). The van der Waals surface area contributed by atoms with Gasteiger partial charge in [-0.05, 0) is 46.0 Å². The van der Waals surface area contributed by atoms with Gasteiger partial charge in [-0.2, -0.15) is 0 Å². The molecule has 0 amide bonds. The lowest BCUT2D eigenvalue weighted by Gasteiger charge is -2.34. The molecule has 3 unspecified atom stereocenters. The molecule has 0 aliphatic carbocycles. The van der Waals surface area contributed by atoms with Gasteiger partial charge in [0.1, 0.15) is 0 Å². The Labute approximate surface area is 108 Å². The summed E-state index contributed by atoms with van der Waals surface area (Å²) in [6.07, 6.45) is 7.17. The highest BCUT2D eigenvalue weighted by Gasteiger charge is 2.24. The summed E-state index contributed by atoms with van der Waals surface area (Å²) in [4.78, 5) is 0. The van der Waals surface area contributed by atoms with Gasteiger partial charge >= 0.3 is 0 Å². The Kier molecular flexibility index (Phi) is 6.50. The predicted molar refractivity (Wildman–Crippen MR) is 74.3 cm³/mol. The monoisotopic (exact) mass is 241 g/mol. The van der Waals surface area contributed by atoms with Crippen LogP contribution in [-0.4, -0.2) is 24.3 Å². The second-order valence-corrected chi connectivity index (χ2v) is 6.32. The van der Waals surface area contributed by atoms with Crippen molar-refractivity contribution in [1.29, 1.82) is 0 Å². The number of nitrogens with one attached hydrogen (secondary N) is 1. The molecule has 0 aromatic rings. The van der Waals surface area contributed by atoms with E-state index < -0.39 is 0 Å². The predicted octanol–water partition coefficient (Wildman–Crippen LogP) is 3.75. The van der Waals surface area contributed by atoms with Crippen LogP contribution < -0.4 is 5.32 Å². The van der Waals surface area contributed by atoms with Gasteiger partial charge in [-0.25, -0.2) is 0 Å². The van der Waals surface area contributed by atoms with Gasteiger partial charge in [-0.1, -0.05) is 26.7 Å². The third-order valence-corrected chi connectivity index (χ3v) is 3.64. The topological polar surface area (TPSA) is 21.3 Å². The Bertz CT molecular complexity index is 195. The van der Waals surface area contributed by atoms with E-state index in [9.17, 15) is 0 Å². The van der Waals surface area contributed by atoms with Crippen molar-refractivity contribution in [3.8, 4) is 0 Å². The van der Waals surface area contributed by atoms with E-state index in [2.05, 4.69) is 39.9 Å². The van der Waals surface area contributed by atoms with Gasteiger partial charge in [0, 0.05) is 12.1 Å². The minimum atomic E-state index is 0.416. The van der Waals surface area contributed by atoms with Crippen molar-refractivity contribution >= 4 is 0 Å². The van der Waals surface area contributed by atoms with Crippen LogP contribution in [0.3, 0.4) is 0 Å². The third kappa shape index (κ3) is 6.42. The fraction of sp³-hybridized carbons (Fsp3) is 1.00. The summed E-state index contributed by atoms with van der Waals surface area (Å²) in [5.41, 5.74) is 0. The average molecular weight is 241 g/mol. The maximum atomic E-state index is 5.77. The van der Waals surface area contributed by atoms with Gasteiger partial charge in [0.25, 0.3) is 0 Å². The zero-order valence-electron chi connectivity index (χ0n) is 12.3. The smallest absolute Gasteiger partial charge is 0.0565 e. The molecule has 2 nitrogen and oxygen atoms in total. The lowest BCUT2D eigenvalue weighted by atomic mass is 9.97. The quantitative estimate of drug-likeness (QED) is 0.765. The van der Waals surface area contributed by atoms with E-state index in [1.54, 1.807) is 0 Å². The second kappa shape index (κ2) is 7.38. The average Bonchev–Trinajstić information content (AvgIpc) is 2.14. The van der Waals surface area contributed by atoms with Crippen LogP contribution in [0.4, 0.5) is 0 Å². The molecule has 102 valence electrons. The minimum absolute atomic E-state index is 0.416. The Morgan fingerprint density at radius 2 is 1.65 bits per heavy atom. The highest BCUT2D eigenvalue weighted by atomic mass is 16.5. The van der Waals surface area contributed by atoms with Crippen LogP contribution in [0.25, 0.3) is 0 Å². The highest BCUT2D eigenvalue weighted by Crippen LogP contribution is 2.20. The molecule has 0 radical (unpaired) electrons. The first kappa shape index (κ1) is 15.0. The van der Waals surface area contributed by atoms with E-state index in [-0.39, 0.29) is 0 Å². The molecule has 1 saturated heterocycles. The van der Waals surface area contributed by atoms with Crippen molar-refractivity contribution in [1.82, 2.24) is 5.32 Å². The third-order valence-electron chi connectivity index (χ3n) is 3.64. The number of rotatable bonds is 6. The van der Waals surface area contributed by atoms with Crippen molar-refractivity contribution in [3.05, 3.63) is 0 Å². The van der Waals surface area contributed by atoms with Crippen LogP contribution in [0.5, 0.6) is 0 Å². The molecule has 1 aliphatic rings. The van der Waals surface area contributed by atoms with E-state index in [0.29, 0.717) is 24.3 Å². The van der Waals surface area contributed by atoms with Gasteiger partial charge in [0.15, 0.2) is 0 Å². The summed E-state index contributed by atoms with van der Waals surface area (Å²) in [6.45, 7) is 11.3. The Balaban J connectivity index is 2.18. The van der Waals surface area contributed by atoms with Gasteiger partial charge in [0.05, 0.1) is 12.2 Å². The Hall–Kier alpha value is -0.0800. The molecular formula is C15H31NO. The largest absolute Gasteiger partial charge is 0.375 e. The van der Waals surface area contributed by atoms with Crippen molar-refractivity contribution in [2.75, 3.05) is 0 Å². The maximum Gasteiger partial charge on any atom is 0.0565 e. The number of hydrogen-bond acceptors (Lipinski definition) is 2. The lowest BCUT2D eigenvalue weighted by Crippen LogP contribution is -2.44. The van der Waals surface area contributed by atoms with Crippen LogP contribution in [0.15, 0.2) is 0 Å². The first-order chi connectivity index (χ1) is 7.97. The molecule has 0 spiro atoms. The second-order valence-electron chi connectivity index (χ2n) is 6.32. The van der Waals surface area contributed by atoms with E-state index in [4.69, 9.17) is 4.74 Å². The van der Waals surface area contributed by atoms with Crippen molar-refractivity contribution < 1.29 is 4.74 Å². The fourth-order valence-electron chi connectivity index (χ4n) is 2.86. The van der Waals surface area contributed by atoms with E-state index in [0.717, 1.165) is 5.92 Å². The molecule has 1 heterocycles. The Morgan fingerprint density at radius 1 is 1.06 bits per heavy atom. The summed E-state index contributed by atoms with van der Waals surface area (Å²) < 4.78 is 5.77. The van der Waals surface area contributed by atoms with Crippen molar-refractivity contribution in [2.24, 2.45) is 5.92 Å². The fourth-order valence-corrected chi connectivity index (χ4v) is 2.86.